The number of nitrogens with zero attached hydrogens (tertiary/aromatic N) is 1. The molecule has 0 aliphatic carbocycles. The molecular weight excluding hydrogens is 331 g/mol. The monoisotopic (exact) mass is 343 g/mol. The number of carbonyl (C=O) groups is 1. The van der Waals surface area contributed by atoms with Gasteiger partial charge >= 0.3 is 0 Å². The van der Waals surface area contributed by atoms with Gasteiger partial charge in [0.1, 0.15) is 23.3 Å². The Kier molecular flexibility index (Phi) is 4.65. The van der Waals surface area contributed by atoms with Crippen molar-refractivity contribution in [2.45, 2.75) is 0 Å². The summed E-state index contributed by atoms with van der Waals surface area (Å²) in [6.07, 6.45) is 1.38. The molecule has 3 rings (SSSR count). The number of rotatable bonds is 4. The van der Waals surface area contributed by atoms with Gasteiger partial charge in [0.05, 0.1) is 17.6 Å². The Morgan fingerprint density at radius 3 is 2.40 bits per heavy atom. The number of nitrogens with one attached hydrogen (secondary N) is 2. The molecule has 1 heterocycles. The molecule has 2 aromatic carbocycles. The van der Waals surface area contributed by atoms with E-state index >= 15 is 0 Å². The lowest BCUT2D eigenvalue weighted by molar-refractivity contribution is 0.102. The molecule has 0 saturated heterocycles. The van der Waals surface area contributed by atoms with Crippen molar-refractivity contribution in [2.75, 3.05) is 10.6 Å². The Labute approximate surface area is 141 Å². The molecule has 4 nitrogen and oxygen atoms in total. The number of aromatic nitrogens is 1. The largest absolute Gasteiger partial charge is 0.352 e. The van der Waals surface area contributed by atoms with Gasteiger partial charge in [-0.3, -0.25) is 4.79 Å². The molecule has 126 valence electrons. The zero-order chi connectivity index (χ0) is 17.8. The predicted molar refractivity (Wildman–Crippen MR) is 88.2 cm³/mol. The highest BCUT2D eigenvalue weighted by molar-refractivity contribution is 6.03. The van der Waals surface area contributed by atoms with Crippen LogP contribution in [0.2, 0.25) is 0 Å². The Balaban J connectivity index is 1.69. The van der Waals surface area contributed by atoms with Crippen LogP contribution in [0.15, 0.2) is 60.8 Å². The van der Waals surface area contributed by atoms with E-state index in [0.29, 0.717) is 5.69 Å². The van der Waals surface area contributed by atoms with Crippen LogP contribution >= 0.6 is 0 Å². The van der Waals surface area contributed by atoms with Crippen molar-refractivity contribution in [1.82, 2.24) is 4.98 Å². The molecule has 1 amide bonds. The van der Waals surface area contributed by atoms with Crippen molar-refractivity contribution in [3.8, 4) is 0 Å². The summed E-state index contributed by atoms with van der Waals surface area (Å²) in [5.41, 5.74) is 0.714. The van der Waals surface area contributed by atoms with Gasteiger partial charge in [-0.15, -0.1) is 0 Å². The molecular formula is C18H12F3N3O. The maximum atomic E-state index is 13.6. The molecule has 7 heteroatoms. The Bertz CT molecular complexity index is 914. The normalized spacial score (nSPS) is 10.4. The molecule has 0 unspecified atom stereocenters. The first-order valence-electron chi connectivity index (χ1n) is 7.26. The van der Waals surface area contributed by atoms with Gasteiger partial charge in [0, 0.05) is 11.6 Å². The summed E-state index contributed by atoms with van der Waals surface area (Å²) in [6.45, 7) is 0. The van der Waals surface area contributed by atoms with Crippen LogP contribution in [-0.4, -0.2) is 10.9 Å². The first-order valence-corrected chi connectivity index (χ1v) is 7.26. The lowest BCUT2D eigenvalue weighted by Gasteiger charge is -2.09. The standard InChI is InChI=1S/C18H12F3N3O/c19-12-3-1-2-11(8-12)18(25)24-17-7-5-14(10-22-17)23-16-6-4-13(20)9-15(16)21/h1-10,23H,(H,22,24,25). The average molecular weight is 343 g/mol. The summed E-state index contributed by atoms with van der Waals surface area (Å²) in [7, 11) is 0. The first-order chi connectivity index (χ1) is 12.0. The lowest BCUT2D eigenvalue weighted by Crippen LogP contribution is -2.13. The third-order valence-corrected chi connectivity index (χ3v) is 3.30. The highest BCUT2D eigenvalue weighted by Crippen LogP contribution is 2.21. The van der Waals surface area contributed by atoms with Crippen LogP contribution in [0.4, 0.5) is 30.4 Å². The van der Waals surface area contributed by atoms with E-state index in [-0.39, 0.29) is 17.1 Å². The fraction of sp³-hybridized carbons (Fsp3) is 0. The number of pyridine rings is 1. The number of carbonyl (C=O) groups excluding carboxylic acids is 1. The van der Waals surface area contributed by atoms with Gasteiger partial charge in [0.25, 0.3) is 5.91 Å². The number of hydrogen-bond donors (Lipinski definition) is 2. The van der Waals surface area contributed by atoms with Crippen molar-refractivity contribution >= 4 is 23.1 Å². The second kappa shape index (κ2) is 7.04. The molecule has 0 aliphatic heterocycles. The van der Waals surface area contributed by atoms with Crippen molar-refractivity contribution < 1.29 is 18.0 Å². The summed E-state index contributed by atoms with van der Waals surface area (Å²) >= 11 is 0. The maximum absolute atomic E-state index is 13.6. The zero-order valence-electron chi connectivity index (χ0n) is 12.8. The van der Waals surface area contributed by atoms with Crippen LogP contribution in [0.1, 0.15) is 10.4 Å². The summed E-state index contributed by atoms with van der Waals surface area (Å²) in [6, 6.07) is 11.5. The van der Waals surface area contributed by atoms with E-state index in [0.717, 1.165) is 18.2 Å². The second-order valence-electron chi connectivity index (χ2n) is 5.15. The first kappa shape index (κ1) is 16.5. The van der Waals surface area contributed by atoms with E-state index in [4.69, 9.17) is 0 Å². The quantitative estimate of drug-likeness (QED) is 0.734. The fourth-order valence-electron chi connectivity index (χ4n) is 2.11. The van der Waals surface area contributed by atoms with Gasteiger partial charge < -0.3 is 10.6 Å². The molecule has 0 fully saturated rings. The molecule has 0 aliphatic rings. The molecule has 0 atom stereocenters. The Morgan fingerprint density at radius 2 is 1.72 bits per heavy atom. The topological polar surface area (TPSA) is 54.0 Å². The second-order valence-corrected chi connectivity index (χ2v) is 5.15. The van der Waals surface area contributed by atoms with E-state index in [1.807, 2.05) is 0 Å². The van der Waals surface area contributed by atoms with E-state index in [1.165, 1.54) is 36.5 Å². The summed E-state index contributed by atoms with van der Waals surface area (Å²) in [5.74, 6) is -2.17. The van der Waals surface area contributed by atoms with Gasteiger partial charge in [0.15, 0.2) is 0 Å². The number of benzene rings is 2. The maximum Gasteiger partial charge on any atom is 0.256 e. The lowest BCUT2D eigenvalue weighted by atomic mass is 10.2. The molecule has 1 aromatic heterocycles. The van der Waals surface area contributed by atoms with Gasteiger partial charge in [-0.05, 0) is 42.5 Å². The van der Waals surface area contributed by atoms with Crippen molar-refractivity contribution in [3.63, 3.8) is 0 Å². The minimum absolute atomic E-state index is 0.0970. The van der Waals surface area contributed by atoms with Crippen molar-refractivity contribution in [1.29, 1.82) is 0 Å². The van der Waals surface area contributed by atoms with Crippen LogP contribution < -0.4 is 10.6 Å². The minimum Gasteiger partial charge on any atom is -0.352 e. The van der Waals surface area contributed by atoms with Crippen LogP contribution in [0.5, 0.6) is 0 Å². The van der Waals surface area contributed by atoms with Crippen LogP contribution in [0.25, 0.3) is 0 Å². The molecule has 0 radical (unpaired) electrons. The molecule has 3 aromatic rings. The van der Waals surface area contributed by atoms with E-state index < -0.39 is 23.4 Å². The van der Waals surface area contributed by atoms with Crippen LogP contribution in [0, 0.1) is 17.5 Å². The Hall–Kier alpha value is -3.35. The number of anilines is 3. The number of hydrogen-bond acceptors (Lipinski definition) is 3. The summed E-state index contributed by atoms with van der Waals surface area (Å²) < 4.78 is 39.6. The Morgan fingerprint density at radius 1 is 0.920 bits per heavy atom. The van der Waals surface area contributed by atoms with E-state index in [2.05, 4.69) is 15.6 Å². The zero-order valence-corrected chi connectivity index (χ0v) is 12.8. The minimum atomic E-state index is -0.733. The summed E-state index contributed by atoms with van der Waals surface area (Å²) in [5, 5.41) is 5.28. The SMILES string of the molecule is O=C(Nc1ccc(Nc2ccc(F)cc2F)cn1)c1cccc(F)c1. The van der Waals surface area contributed by atoms with Gasteiger partial charge in [-0.2, -0.15) is 0 Å². The van der Waals surface area contributed by atoms with Gasteiger partial charge in [0.2, 0.25) is 0 Å². The molecule has 0 bridgehead atoms. The third kappa shape index (κ3) is 4.14. The third-order valence-electron chi connectivity index (χ3n) is 3.30. The average Bonchev–Trinajstić information content (AvgIpc) is 2.59. The van der Waals surface area contributed by atoms with Crippen LogP contribution in [0.3, 0.4) is 0 Å². The highest BCUT2D eigenvalue weighted by atomic mass is 19.1. The molecule has 2 N–H and O–H groups in total. The highest BCUT2D eigenvalue weighted by Gasteiger charge is 2.08. The van der Waals surface area contributed by atoms with Gasteiger partial charge in [-0.1, -0.05) is 6.07 Å². The number of halogens is 3. The van der Waals surface area contributed by atoms with Crippen LogP contribution in [-0.2, 0) is 0 Å². The van der Waals surface area contributed by atoms with Gasteiger partial charge in [-0.25, -0.2) is 18.2 Å². The predicted octanol–water partition coefficient (Wildman–Crippen LogP) is 4.49. The summed E-state index contributed by atoms with van der Waals surface area (Å²) in [4.78, 5) is 16.0. The smallest absolute Gasteiger partial charge is 0.256 e. The van der Waals surface area contributed by atoms with Crippen molar-refractivity contribution in [3.05, 3.63) is 83.8 Å². The van der Waals surface area contributed by atoms with Crippen molar-refractivity contribution in [2.24, 2.45) is 0 Å². The molecule has 0 spiro atoms. The molecule has 25 heavy (non-hydrogen) atoms. The number of amides is 1. The fourth-order valence-corrected chi connectivity index (χ4v) is 2.11. The van der Waals surface area contributed by atoms with E-state index in [9.17, 15) is 18.0 Å². The van der Waals surface area contributed by atoms with E-state index in [1.54, 1.807) is 6.07 Å². The molecule has 0 saturated carbocycles.